The number of rotatable bonds is 5. The van der Waals surface area contributed by atoms with Crippen LogP contribution in [0.3, 0.4) is 0 Å². The highest BCUT2D eigenvalue weighted by atomic mass is 32.2. The van der Waals surface area contributed by atoms with Gasteiger partial charge >= 0.3 is 11.8 Å². The number of nitrogens with zero attached hydrogens (tertiary/aromatic N) is 2. The number of sulfone groups is 1. The van der Waals surface area contributed by atoms with Gasteiger partial charge in [-0.2, -0.15) is 8.78 Å². The molecule has 0 atom stereocenters. The van der Waals surface area contributed by atoms with Crippen molar-refractivity contribution in [2.75, 3.05) is 12.4 Å². The highest BCUT2D eigenvalue weighted by Crippen LogP contribution is 2.23. The molecule has 2 rings (SSSR count). The van der Waals surface area contributed by atoms with Crippen LogP contribution in [0.2, 0.25) is 0 Å². The molecular weight excluding hydrogens is 332 g/mol. The highest BCUT2D eigenvalue weighted by Gasteiger charge is 2.30. The van der Waals surface area contributed by atoms with Gasteiger partial charge in [0.25, 0.3) is 5.91 Å². The Hall–Kier alpha value is -2.62. The van der Waals surface area contributed by atoms with E-state index in [0.717, 1.165) is 12.1 Å². The zero-order valence-corrected chi connectivity index (χ0v) is 12.5. The summed E-state index contributed by atoms with van der Waals surface area (Å²) in [5.74, 6) is -4.50. The van der Waals surface area contributed by atoms with Crippen molar-refractivity contribution in [1.29, 1.82) is 0 Å². The predicted octanol–water partition coefficient (Wildman–Crippen LogP) is 1.73. The third-order valence-electron chi connectivity index (χ3n) is 2.74. The van der Waals surface area contributed by atoms with Gasteiger partial charge in [0.05, 0.1) is 35.6 Å². The second-order valence-corrected chi connectivity index (χ2v) is 6.10. The van der Waals surface area contributed by atoms with Gasteiger partial charge < -0.3 is 10.1 Å². The van der Waals surface area contributed by atoms with Crippen molar-refractivity contribution >= 4 is 21.4 Å². The van der Waals surface area contributed by atoms with E-state index >= 15 is 0 Å². The van der Waals surface area contributed by atoms with Crippen molar-refractivity contribution in [3.05, 3.63) is 42.2 Å². The van der Waals surface area contributed by atoms with E-state index in [1.165, 1.54) is 31.6 Å². The standard InChI is InChI=1S/C13H11F2N3O4S/c1-22-13-16-6-8(7-17-13)18-11(19)9-4-2-3-5-10(9)23(20,21)12(14)15/h2-7,12H,1H3,(H,18,19). The summed E-state index contributed by atoms with van der Waals surface area (Å²) in [5.41, 5.74) is -0.247. The highest BCUT2D eigenvalue weighted by molar-refractivity contribution is 7.91. The zero-order valence-electron chi connectivity index (χ0n) is 11.7. The fourth-order valence-corrected chi connectivity index (χ4v) is 2.61. The van der Waals surface area contributed by atoms with Crippen LogP contribution >= 0.6 is 0 Å². The molecule has 0 unspecified atom stereocenters. The van der Waals surface area contributed by atoms with Crippen molar-refractivity contribution in [3.63, 3.8) is 0 Å². The topological polar surface area (TPSA) is 98.2 Å². The molecule has 0 radical (unpaired) electrons. The molecule has 1 amide bonds. The smallest absolute Gasteiger partial charge is 0.341 e. The first-order valence-corrected chi connectivity index (χ1v) is 7.69. The molecular formula is C13H11F2N3O4S. The van der Waals surface area contributed by atoms with Gasteiger partial charge in [0.15, 0.2) is 0 Å². The normalized spacial score (nSPS) is 11.3. The number of methoxy groups -OCH3 is 1. The largest absolute Gasteiger partial charge is 0.467 e. The number of amides is 1. The van der Waals surface area contributed by atoms with Gasteiger partial charge in [0.2, 0.25) is 9.84 Å². The van der Waals surface area contributed by atoms with E-state index in [0.29, 0.717) is 0 Å². The number of nitrogens with one attached hydrogen (secondary N) is 1. The third-order valence-corrected chi connectivity index (χ3v) is 4.18. The van der Waals surface area contributed by atoms with Crippen molar-refractivity contribution in [2.45, 2.75) is 10.7 Å². The van der Waals surface area contributed by atoms with Gasteiger partial charge in [-0.3, -0.25) is 4.79 Å². The number of benzene rings is 1. The molecule has 1 aromatic carbocycles. The van der Waals surface area contributed by atoms with Crippen molar-refractivity contribution < 1.29 is 26.7 Å². The Balaban J connectivity index is 2.33. The van der Waals surface area contributed by atoms with E-state index in [-0.39, 0.29) is 11.7 Å². The van der Waals surface area contributed by atoms with Crippen LogP contribution in [-0.2, 0) is 9.84 Å². The summed E-state index contributed by atoms with van der Waals surface area (Å²) >= 11 is 0. The fraction of sp³-hybridized carbons (Fsp3) is 0.154. The maximum atomic E-state index is 12.7. The first-order valence-electron chi connectivity index (χ1n) is 6.14. The number of carbonyl (C=O) groups is 1. The number of ether oxygens (including phenoxy) is 1. The van der Waals surface area contributed by atoms with Crippen LogP contribution in [-0.4, -0.2) is 37.2 Å². The summed E-state index contributed by atoms with van der Waals surface area (Å²) in [6.07, 6.45) is 2.46. The maximum absolute atomic E-state index is 12.7. The summed E-state index contributed by atoms with van der Waals surface area (Å²) < 4.78 is 53.4. The molecule has 0 saturated carbocycles. The van der Waals surface area contributed by atoms with E-state index in [4.69, 9.17) is 4.74 Å². The SMILES string of the molecule is COc1ncc(NC(=O)c2ccccc2S(=O)(=O)C(F)F)cn1. The number of hydrogen-bond acceptors (Lipinski definition) is 6. The molecule has 0 fully saturated rings. The number of alkyl halides is 2. The van der Waals surface area contributed by atoms with E-state index in [2.05, 4.69) is 15.3 Å². The Labute approximate surface area is 130 Å². The van der Waals surface area contributed by atoms with Crippen LogP contribution in [0.1, 0.15) is 10.4 Å². The molecule has 1 aromatic heterocycles. The monoisotopic (exact) mass is 343 g/mol. The van der Waals surface area contributed by atoms with Gasteiger partial charge in [0.1, 0.15) is 0 Å². The molecule has 0 bridgehead atoms. The molecule has 0 aliphatic rings. The van der Waals surface area contributed by atoms with Gasteiger partial charge in [-0.05, 0) is 12.1 Å². The Morgan fingerprint density at radius 1 is 1.22 bits per heavy atom. The van der Waals surface area contributed by atoms with Crippen LogP contribution in [0.15, 0.2) is 41.6 Å². The summed E-state index contributed by atoms with van der Waals surface area (Å²) in [6.45, 7) is 0. The molecule has 2 aromatic rings. The lowest BCUT2D eigenvalue weighted by molar-refractivity contribution is 0.102. The number of halogens is 2. The van der Waals surface area contributed by atoms with Crippen LogP contribution in [0.4, 0.5) is 14.5 Å². The number of aromatic nitrogens is 2. The quantitative estimate of drug-likeness (QED) is 0.888. The molecule has 0 aliphatic carbocycles. The lowest BCUT2D eigenvalue weighted by Crippen LogP contribution is -2.19. The molecule has 0 spiro atoms. The summed E-state index contributed by atoms with van der Waals surface area (Å²) in [7, 11) is -3.54. The number of hydrogen-bond donors (Lipinski definition) is 1. The van der Waals surface area contributed by atoms with Crippen molar-refractivity contribution in [2.24, 2.45) is 0 Å². The molecule has 1 heterocycles. The van der Waals surface area contributed by atoms with Crippen LogP contribution in [0, 0.1) is 0 Å². The van der Waals surface area contributed by atoms with Gasteiger partial charge in [-0.1, -0.05) is 12.1 Å². The second kappa shape index (κ2) is 6.65. The zero-order chi connectivity index (χ0) is 17.0. The Kier molecular flexibility index (Phi) is 4.84. The Bertz CT molecular complexity index is 810. The van der Waals surface area contributed by atoms with E-state index < -0.39 is 32.0 Å². The average Bonchev–Trinajstić information content (AvgIpc) is 2.55. The molecule has 0 saturated heterocycles. The predicted molar refractivity (Wildman–Crippen MR) is 76.2 cm³/mol. The maximum Gasteiger partial charge on any atom is 0.341 e. The summed E-state index contributed by atoms with van der Waals surface area (Å²) in [4.78, 5) is 18.9. The van der Waals surface area contributed by atoms with Gasteiger partial charge in [-0.15, -0.1) is 0 Å². The first kappa shape index (κ1) is 16.7. The summed E-state index contributed by atoms with van der Waals surface area (Å²) in [5, 5.41) is 2.33. The minimum Gasteiger partial charge on any atom is -0.467 e. The summed E-state index contributed by atoms with van der Waals surface area (Å²) in [6, 6.07) is 4.77. The Morgan fingerprint density at radius 3 is 2.39 bits per heavy atom. The molecule has 7 nitrogen and oxygen atoms in total. The van der Waals surface area contributed by atoms with Crippen molar-refractivity contribution in [1.82, 2.24) is 9.97 Å². The molecule has 1 N–H and O–H groups in total. The lowest BCUT2D eigenvalue weighted by Gasteiger charge is -2.10. The average molecular weight is 343 g/mol. The molecule has 10 heteroatoms. The molecule has 122 valence electrons. The van der Waals surface area contributed by atoms with Gasteiger partial charge in [-0.25, -0.2) is 18.4 Å². The van der Waals surface area contributed by atoms with E-state index in [1.807, 2.05) is 0 Å². The third kappa shape index (κ3) is 3.59. The van der Waals surface area contributed by atoms with Crippen LogP contribution in [0.5, 0.6) is 6.01 Å². The van der Waals surface area contributed by atoms with Crippen molar-refractivity contribution in [3.8, 4) is 6.01 Å². The first-order chi connectivity index (χ1) is 10.9. The Morgan fingerprint density at radius 2 is 1.83 bits per heavy atom. The lowest BCUT2D eigenvalue weighted by atomic mass is 10.2. The molecule has 0 aliphatic heterocycles. The van der Waals surface area contributed by atoms with Crippen LogP contribution in [0.25, 0.3) is 0 Å². The number of carbonyl (C=O) groups excluding carboxylic acids is 1. The van der Waals surface area contributed by atoms with Gasteiger partial charge in [0, 0.05) is 0 Å². The second-order valence-electron chi connectivity index (χ2n) is 4.21. The molecule has 23 heavy (non-hydrogen) atoms. The van der Waals surface area contributed by atoms with E-state index in [1.54, 1.807) is 0 Å². The minimum atomic E-state index is -4.90. The fourth-order valence-electron chi connectivity index (χ4n) is 1.68. The van der Waals surface area contributed by atoms with Crippen LogP contribution < -0.4 is 10.1 Å². The minimum absolute atomic E-state index is 0.0728. The van der Waals surface area contributed by atoms with E-state index in [9.17, 15) is 22.0 Å². The number of anilines is 1.